The molecule has 1 atom stereocenters. The van der Waals surface area contributed by atoms with Crippen LogP contribution in [0.2, 0.25) is 0 Å². The number of phenolic OH excluding ortho intramolecular Hbond substituents is 1. The molecule has 0 radical (unpaired) electrons. The van der Waals surface area contributed by atoms with Crippen LogP contribution in [-0.4, -0.2) is 30.4 Å². The van der Waals surface area contributed by atoms with E-state index >= 15 is 0 Å². The average molecular weight is 239 g/mol. The van der Waals surface area contributed by atoms with Gasteiger partial charge in [-0.2, -0.15) is 0 Å². The van der Waals surface area contributed by atoms with Crippen LogP contribution in [0.1, 0.15) is 24.2 Å². The molecule has 5 heteroatoms. The highest BCUT2D eigenvalue weighted by Crippen LogP contribution is 2.21. The van der Waals surface area contributed by atoms with Gasteiger partial charge in [0.05, 0.1) is 6.61 Å². The minimum absolute atomic E-state index is 0.0633. The van der Waals surface area contributed by atoms with Crippen molar-refractivity contribution in [3.05, 3.63) is 23.8 Å². The van der Waals surface area contributed by atoms with Crippen molar-refractivity contribution in [3.8, 4) is 5.75 Å². The lowest BCUT2D eigenvalue weighted by molar-refractivity contribution is 0.00418. The molecule has 0 aliphatic carbocycles. The lowest BCUT2D eigenvalue weighted by Gasteiger charge is -2.13. The molecule has 94 valence electrons. The molecular weight excluding hydrogens is 222 g/mol. The van der Waals surface area contributed by atoms with Crippen LogP contribution < -0.4 is 5.73 Å². The molecule has 17 heavy (non-hydrogen) atoms. The second kappa shape index (κ2) is 6.10. The molecule has 0 fully saturated rings. The summed E-state index contributed by atoms with van der Waals surface area (Å²) in [5, 5.41) is 9.51. The molecule has 0 amide bonds. The fraction of sp³-hybridized carbons (Fsp3) is 0.417. The van der Waals surface area contributed by atoms with E-state index in [0.717, 1.165) is 0 Å². The Balaban J connectivity index is 2.66. The number of anilines is 1. The van der Waals surface area contributed by atoms with Crippen LogP contribution >= 0.6 is 0 Å². The molecule has 1 aromatic rings. The van der Waals surface area contributed by atoms with Gasteiger partial charge in [0.15, 0.2) is 0 Å². The monoisotopic (exact) mass is 239 g/mol. The number of phenols is 1. The van der Waals surface area contributed by atoms with Crippen LogP contribution in [0, 0.1) is 0 Å². The maximum Gasteiger partial charge on any atom is 0.342 e. The largest absolute Gasteiger partial charge is 0.507 e. The van der Waals surface area contributed by atoms with Gasteiger partial charge in [0.25, 0.3) is 0 Å². The first kappa shape index (κ1) is 13.3. The summed E-state index contributed by atoms with van der Waals surface area (Å²) in [4.78, 5) is 11.7. The zero-order chi connectivity index (χ0) is 12.8. The normalized spacial score (nSPS) is 12.1. The first-order chi connectivity index (χ1) is 8.04. The zero-order valence-corrected chi connectivity index (χ0v) is 9.97. The smallest absolute Gasteiger partial charge is 0.342 e. The highest BCUT2D eigenvalue weighted by molar-refractivity contribution is 5.93. The van der Waals surface area contributed by atoms with E-state index in [0.29, 0.717) is 18.9 Å². The van der Waals surface area contributed by atoms with Gasteiger partial charge in [0.1, 0.15) is 17.4 Å². The standard InChI is InChI=1S/C12H17NO4/c1-3-16-7-8(2)17-12(15)10-6-9(13)4-5-11(10)14/h4-6,8,14H,3,7,13H2,1-2H3. The molecule has 0 aromatic heterocycles. The number of aromatic hydroxyl groups is 1. The first-order valence-electron chi connectivity index (χ1n) is 5.41. The van der Waals surface area contributed by atoms with Crippen LogP contribution in [0.15, 0.2) is 18.2 Å². The lowest BCUT2D eigenvalue weighted by atomic mass is 10.2. The molecule has 0 saturated heterocycles. The van der Waals surface area contributed by atoms with Gasteiger partial charge >= 0.3 is 5.97 Å². The van der Waals surface area contributed by atoms with Crippen molar-refractivity contribution >= 4 is 11.7 Å². The van der Waals surface area contributed by atoms with E-state index in [9.17, 15) is 9.90 Å². The van der Waals surface area contributed by atoms with Crippen molar-refractivity contribution in [2.75, 3.05) is 18.9 Å². The van der Waals surface area contributed by atoms with Crippen molar-refractivity contribution in [1.29, 1.82) is 0 Å². The maximum atomic E-state index is 11.7. The molecule has 0 spiro atoms. The highest BCUT2D eigenvalue weighted by Gasteiger charge is 2.16. The summed E-state index contributed by atoms with van der Waals surface area (Å²) in [5.41, 5.74) is 5.99. The minimum atomic E-state index is -0.609. The van der Waals surface area contributed by atoms with Gasteiger partial charge in [-0.15, -0.1) is 0 Å². The van der Waals surface area contributed by atoms with Crippen molar-refractivity contribution in [2.24, 2.45) is 0 Å². The van der Waals surface area contributed by atoms with E-state index in [1.807, 2.05) is 6.92 Å². The molecule has 0 aliphatic heterocycles. The Labute approximate surface area is 100 Å². The number of benzene rings is 1. The Kier molecular flexibility index (Phi) is 4.78. The second-order valence-corrected chi connectivity index (χ2v) is 3.65. The van der Waals surface area contributed by atoms with Crippen LogP contribution in [-0.2, 0) is 9.47 Å². The van der Waals surface area contributed by atoms with E-state index in [2.05, 4.69) is 0 Å². The maximum absolute atomic E-state index is 11.7. The van der Waals surface area contributed by atoms with Crippen LogP contribution in [0.4, 0.5) is 5.69 Å². The van der Waals surface area contributed by atoms with E-state index in [1.165, 1.54) is 18.2 Å². The molecule has 0 saturated carbocycles. The number of nitrogens with two attached hydrogens (primary N) is 1. The Bertz CT molecular complexity index is 392. The molecule has 0 heterocycles. The van der Waals surface area contributed by atoms with Crippen molar-refractivity contribution in [1.82, 2.24) is 0 Å². The number of nitrogen functional groups attached to an aromatic ring is 1. The Morgan fingerprint density at radius 3 is 2.88 bits per heavy atom. The van der Waals surface area contributed by atoms with Crippen molar-refractivity contribution < 1.29 is 19.4 Å². The summed E-state index contributed by atoms with van der Waals surface area (Å²) in [7, 11) is 0. The third kappa shape index (κ3) is 3.96. The van der Waals surface area contributed by atoms with E-state index in [4.69, 9.17) is 15.2 Å². The topological polar surface area (TPSA) is 81.8 Å². The fourth-order valence-electron chi connectivity index (χ4n) is 1.28. The van der Waals surface area contributed by atoms with Gasteiger partial charge in [-0.3, -0.25) is 0 Å². The quantitative estimate of drug-likeness (QED) is 0.463. The third-order valence-corrected chi connectivity index (χ3v) is 2.11. The summed E-state index contributed by atoms with van der Waals surface area (Å²) < 4.78 is 10.2. The van der Waals surface area contributed by atoms with Gasteiger partial charge in [-0.05, 0) is 32.0 Å². The van der Waals surface area contributed by atoms with Gasteiger partial charge in [-0.25, -0.2) is 4.79 Å². The van der Waals surface area contributed by atoms with Gasteiger partial charge in [0, 0.05) is 12.3 Å². The highest BCUT2D eigenvalue weighted by atomic mass is 16.6. The molecule has 1 unspecified atom stereocenters. The number of rotatable bonds is 5. The van der Waals surface area contributed by atoms with Crippen LogP contribution in [0.3, 0.4) is 0 Å². The first-order valence-corrected chi connectivity index (χ1v) is 5.41. The molecule has 0 aliphatic rings. The lowest BCUT2D eigenvalue weighted by Crippen LogP contribution is -2.20. The number of esters is 1. The van der Waals surface area contributed by atoms with E-state index < -0.39 is 5.97 Å². The van der Waals surface area contributed by atoms with E-state index in [1.54, 1.807) is 6.92 Å². The SMILES string of the molecule is CCOCC(C)OC(=O)c1cc(N)ccc1O. The van der Waals surface area contributed by atoms with Gasteiger partial charge in [0.2, 0.25) is 0 Å². The summed E-state index contributed by atoms with van der Waals surface area (Å²) >= 11 is 0. The van der Waals surface area contributed by atoms with E-state index in [-0.39, 0.29) is 17.4 Å². The fourth-order valence-corrected chi connectivity index (χ4v) is 1.28. The number of hydrogen-bond donors (Lipinski definition) is 2. The minimum Gasteiger partial charge on any atom is -0.507 e. The summed E-state index contributed by atoms with van der Waals surface area (Å²) in [6.45, 7) is 4.46. The molecule has 5 nitrogen and oxygen atoms in total. The van der Waals surface area contributed by atoms with Crippen molar-refractivity contribution in [2.45, 2.75) is 20.0 Å². The molecule has 1 rings (SSSR count). The average Bonchev–Trinajstić information content (AvgIpc) is 2.29. The molecular formula is C12H17NO4. The zero-order valence-electron chi connectivity index (χ0n) is 9.97. The predicted molar refractivity (Wildman–Crippen MR) is 63.9 cm³/mol. The molecule has 0 bridgehead atoms. The molecule has 1 aromatic carbocycles. The Hall–Kier alpha value is -1.75. The Morgan fingerprint density at radius 2 is 2.24 bits per heavy atom. The van der Waals surface area contributed by atoms with Crippen LogP contribution in [0.25, 0.3) is 0 Å². The Morgan fingerprint density at radius 1 is 1.53 bits per heavy atom. The van der Waals surface area contributed by atoms with Crippen molar-refractivity contribution in [3.63, 3.8) is 0 Å². The van der Waals surface area contributed by atoms with Crippen LogP contribution in [0.5, 0.6) is 5.75 Å². The molecule has 3 N–H and O–H groups in total. The number of carbonyl (C=O) groups excluding carboxylic acids is 1. The summed E-state index contributed by atoms with van der Waals surface area (Å²) in [6.07, 6.45) is -0.372. The number of hydrogen-bond acceptors (Lipinski definition) is 5. The number of ether oxygens (including phenoxy) is 2. The van der Waals surface area contributed by atoms with Gasteiger partial charge < -0.3 is 20.3 Å². The summed E-state index contributed by atoms with van der Waals surface area (Å²) in [6, 6.07) is 4.25. The summed E-state index contributed by atoms with van der Waals surface area (Å²) in [5.74, 6) is -0.755. The third-order valence-electron chi connectivity index (χ3n) is 2.11. The number of carbonyl (C=O) groups is 1. The van der Waals surface area contributed by atoms with Gasteiger partial charge in [-0.1, -0.05) is 0 Å². The predicted octanol–water partition coefficient (Wildman–Crippen LogP) is 1.56. The second-order valence-electron chi connectivity index (χ2n) is 3.65.